The SMILES string of the molecule is CC(C)=CCCC1(C)C=Cc2c(ccc(C(=O)/C=C/c3ccccn3)c2O)O1. The van der Waals surface area contributed by atoms with Gasteiger partial charge in [0.1, 0.15) is 17.1 Å². The minimum absolute atomic E-state index is 0.0595. The molecule has 1 N–H and O–H groups in total. The normalized spacial score (nSPS) is 17.8. The van der Waals surface area contributed by atoms with Crippen LogP contribution in [0.5, 0.6) is 11.5 Å². The molecule has 0 saturated heterocycles. The summed E-state index contributed by atoms with van der Waals surface area (Å²) >= 11 is 0. The Hall–Kier alpha value is -3.14. The summed E-state index contributed by atoms with van der Waals surface area (Å²) in [5.74, 6) is 0.247. The maximum Gasteiger partial charge on any atom is 0.189 e. The fourth-order valence-electron chi connectivity index (χ4n) is 3.09. The first-order chi connectivity index (χ1) is 13.4. The van der Waals surface area contributed by atoms with Crippen LogP contribution in [-0.2, 0) is 0 Å². The number of rotatable bonds is 6. The summed E-state index contributed by atoms with van der Waals surface area (Å²) in [5, 5.41) is 10.6. The molecule has 1 atom stereocenters. The smallest absolute Gasteiger partial charge is 0.189 e. The monoisotopic (exact) mass is 375 g/mol. The number of ether oxygens (including phenoxy) is 1. The summed E-state index contributed by atoms with van der Waals surface area (Å²) in [5.41, 5.74) is 2.31. The highest BCUT2D eigenvalue weighted by atomic mass is 16.5. The van der Waals surface area contributed by atoms with E-state index < -0.39 is 5.60 Å². The Labute approximate surface area is 165 Å². The van der Waals surface area contributed by atoms with E-state index in [-0.39, 0.29) is 17.1 Å². The van der Waals surface area contributed by atoms with Gasteiger partial charge in [-0.05, 0) is 82.2 Å². The van der Waals surface area contributed by atoms with Crippen LogP contribution in [0.1, 0.15) is 55.2 Å². The van der Waals surface area contributed by atoms with Crippen LogP contribution in [-0.4, -0.2) is 21.5 Å². The Kier molecular flexibility index (Phi) is 5.78. The maximum absolute atomic E-state index is 12.5. The van der Waals surface area contributed by atoms with Crippen LogP contribution in [0.3, 0.4) is 0 Å². The number of ketones is 1. The third-order valence-electron chi connectivity index (χ3n) is 4.67. The van der Waals surface area contributed by atoms with Gasteiger partial charge in [0.15, 0.2) is 5.78 Å². The fraction of sp³-hybridized carbons (Fsp3) is 0.250. The van der Waals surface area contributed by atoms with Gasteiger partial charge >= 0.3 is 0 Å². The van der Waals surface area contributed by atoms with Crippen molar-refractivity contribution in [3.63, 3.8) is 0 Å². The number of carbonyl (C=O) groups is 1. The predicted molar refractivity (Wildman–Crippen MR) is 112 cm³/mol. The molecule has 0 saturated carbocycles. The van der Waals surface area contributed by atoms with Crippen molar-refractivity contribution in [2.45, 2.75) is 39.2 Å². The zero-order chi connectivity index (χ0) is 20.1. The van der Waals surface area contributed by atoms with Gasteiger partial charge in [-0.2, -0.15) is 0 Å². The minimum Gasteiger partial charge on any atom is -0.506 e. The van der Waals surface area contributed by atoms with Crippen molar-refractivity contribution in [3.05, 3.63) is 77.2 Å². The topological polar surface area (TPSA) is 59.4 Å². The van der Waals surface area contributed by atoms with Gasteiger partial charge in [-0.1, -0.05) is 17.7 Å². The molecule has 0 bridgehead atoms. The molecule has 2 aromatic rings. The van der Waals surface area contributed by atoms with Crippen molar-refractivity contribution < 1.29 is 14.6 Å². The highest BCUT2D eigenvalue weighted by molar-refractivity contribution is 6.09. The first-order valence-electron chi connectivity index (χ1n) is 9.39. The van der Waals surface area contributed by atoms with Crippen LogP contribution < -0.4 is 4.74 Å². The zero-order valence-corrected chi connectivity index (χ0v) is 16.5. The zero-order valence-electron chi connectivity index (χ0n) is 16.5. The quantitative estimate of drug-likeness (QED) is 0.406. The largest absolute Gasteiger partial charge is 0.506 e. The molecule has 144 valence electrons. The summed E-state index contributed by atoms with van der Waals surface area (Å²) in [7, 11) is 0. The van der Waals surface area contributed by atoms with Gasteiger partial charge in [0.05, 0.1) is 16.8 Å². The van der Waals surface area contributed by atoms with Crippen molar-refractivity contribution >= 4 is 17.9 Å². The summed E-state index contributed by atoms with van der Waals surface area (Å²) < 4.78 is 6.13. The molecule has 3 rings (SSSR count). The molecular formula is C24H25NO3. The number of carbonyl (C=O) groups excluding carboxylic acids is 1. The van der Waals surface area contributed by atoms with Gasteiger partial charge < -0.3 is 9.84 Å². The van der Waals surface area contributed by atoms with Gasteiger partial charge in [-0.3, -0.25) is 9.78 Å². The molecule has 1 aliphatic heterocycles. The average Bonchev–Trinajstić information content (AvgIpc) is 2.66. The second kappa shape index (κ2) is 8.26. The van der Waals surface area contributed by atoms with Gasteiger partial charge in [0.2, 0.25) is 0 Å². The lowest BCUT2D eigenvalue weighted by Crippen LogP contribution is -2.31. The highest BCUT2D eigenvalue weighted by Gasteiger charge is 2.29. The van der Waals surface area contributed by atoms with Crippen LogP contribution >= 0.6 is 0 Å². The fourth-order valence-corrected chi connectivity index (χ4v) is 3.09. The first kappa shape index (κ1) is 19.6. The lowest BCUT2D eigenvalue weighted by Gasteiger charge is -2.32. The summed E-state index contributed by atoms with van der Waals surface area (Å²) in [6, 6.07) is 8.83. The number of aromatic hydroxyl groups is 1. The number of hydrogen-bond donors (Lipinski definition) is 1. The molecule has 0 aliphatic carbocycles. The summed E-state index contributed by atoms with van der Waals surface area (Å²) in [4.78, 5) is 16.7. The van der Waals surface area contributed by atoms with E-state index >= 15 is 0 Å². The molecule has 0 fully saturated rings. The molecule has 0 radical (unpaired) electrons. The second-order valence-electron chi connectivity index (χ2n) is 7.39. The predicted octanol–water partition coefficient (Wildman–Crippen LogP) is 5.59. The van der Waals surface area contributed by atoms with Crippen LogP contribution in [0, 0.1) is 0 Å². The highest BCUT2D eigenvalue weighted by Crippen LogP contribution is 2.40. The van der Waals surface area contributed by atoms with E-state index in [1.807, 2.05) is 37.3 Å². The van der Waals surface area contributed by atoms with E-state index in [0.29, 0.717) is 17.0 Å². The standard InChI is InChI=1S/C24H25NO3/c1-17(2)7-6-14-24(3)15-13-20-22(28-24)12-10-19(23(20)27)21(26)11-9-18-8-4-5-16-25-18/h4-5,7-13,15-16,27H,6,14H2,1-3H3/b11-9+. The van der Waals surface area contributed by atoms with Gasteiger partial charge in [0.25, 0.3) is 0 Å². The number of pyridine rings is 1. The first-order valence-corrected chi connectivity index (χ1v) is 9.39. The number of aromatic nitrogens is 1. The molecular weight excluding hydrogens is 350 g/mol. The minimum atomic E-state index is -0.435. The Bertz CT molecular complexity index is 953. The van der Waals surface area contributed by atoms with Gasteiger partial charge in [-0.15, -0.1) is 0 Å². The number of fused-ring (bicyclic) bond motifs is 1. The van der Waals surface area contributed by atoms with Crippen molar-refractivity contribution in [2.24, 2.45) is 0 Å². The molecule has 0 amide bonds. The van der Waals surface area contributed by atoms with Crippen LogP contribution in [0.4, 0.5) is 0 Å². The van der Waals surface area contributed by atoms with E-state index in [4.69, 9.17) is 4.74 Å². The number of allylic oxidation sites excluding steroid dienone is 3. The molecule has 4 heteroatoms. The van der Waals surface area contributed by atoms with Crippen LogP contribution in [0.15, 0.2) is 60.3 Å². The van der Waals surface area contributed by atoms with Gasteiger partial charge in [-0.25, -0.2) is 0 Å². The summed E-state index contributed by atoms with van der Waals surface area (Å²) in [6.07, 6.45) is 12.4. The van der Waals surface area contributed by atoms with E-state index in [9.17, 15) is 9.90 Å². The van der Waals surface area contributed by atoms with Crippen molar-refractivity contribution in [2.75, 3.05) is 0 Å². The Balaban J connectivity index is 1.79. The molecule has 1 aliphatic rings. The lowest BCUT2D eigenvalue weighted by atomic mass is 9.93. The van der Waals surface area contributed by atoms with E-state index in [0.717, 1.165) is 12.8 Å². The van der Waals surface area contributed by atoms with Crippen molar-refractivity contribution in [3.8, 4) is 11.5 Å². The van der Waals surface area contributed by atoms with E-state index in [1.54, 1.807) is 24.4 Å². The third kappa shape index (κ3) is 4.58. The van der Waals surface area contributed by atoms with Gasteiger partial charge in [0, 0.05) is 6.20 Å². The van der Waals surface area contributed by atoms with E-state index in [1.165, 1.54) is 11.6 Å². The molecule has 1 unspecified atom stereocenters. The maximum atomic E-state index is 12.5. The third-order valence-corrected chi connectivity index (χ3v) is 4.67. The van der Waals surface area contributed by atoms with Crippen LogP contribution in [0.2, 0.25) is 0 Å². The summed E-state index contributed by atoms with van der Waals surface area (Å²) in [6.45, 7) is 6.18. The second-order valence-corrected chi connectivity index (χ2v) is 7.39. The molecule has 1 aromatic heterocycles. The Morgan fingerprint density at radius 3 is 2.79 bits per heavy atom. The number of phenolic OH excluding ortho intramolecular Hbond substituents is 1. The van der Waals surface area contributed by atoms with Crippen molar-refractivity contribution in [1.29, 1.82) is 0 Å². The number of hydrogen-bond acceptors (Lipinski definition) is 4. The number of benzene rings is 1. The average molecular weight is 375 g/mol. The molecule has 2 heterocycles. The lowest BCUT2D eigenvalue weighted by molar-refractivity contribution is 0.104. The number of phenols is 1. The van der Waals surface area contributed by atoms with Crippen LogP contribution in [0.25, 0.3) is 12.2 Å². The molecule has 28 heavy (non-hydrogen) atoms. The Morgan fingerprint density at radius 1 is 1.25 bits per heavy atom. The number of nitrogens with zero attached hydrogens (tertiary/aromatic N) is 1. The Morgan fingerprint density at radius 2 is 2.07 bits per heavy atom. The van der Waals surface area contributed by atoms with E-state index in [2.05, 4.69) is 24.9 Å². The molecule has 0 spiro atoms. The van der Waals surface area contributed by atoms with Crippen molar-refractivity contribution in [1.82, 2.24) is 4.98 Å². The molecule has 4 nitrogen and oxygen atoms in total. The molecule has 1 aromatic carbocycles.